The second-order valence-electron chi connectivity index (χ2n) is 6.39. The second-order valence-corrected chi connectivity index (χ2v) is 6.39. The molecule has 1 atom stereocenters. The number of carbonyl (C=O) groups excluding carboxylic acids is 1. The van der Waals surface area contributed by atoms with Crippen molar-refractivity contribution in [1.29, 1.82) is 0 Å². The van der Waals surface area contributed by atoms with E-state index in [1.54, 1.807) is 6.92 Å². The number of amides is 1. The number of nitrogens with zero attached hydrogens (tertiary/aromatic N) is 1. The molecule has 0 aliphatic carbocycles. The van der Waals surface area contributed by atoms with Gasteiger partial charge in [-0.15, -0.1) is 0 Å². The van der Waals surface area contributed by atoms with Crippen molar-refractivity contribution in [3.8, 4) is 0 Å². The van der Waals surface area contributed by atoms with Crippen LogP contribution < -0.4 is 5.32 Å². The molecule has 0 aliphatic rings. The molecule has 8 heteroatoms. The van der Waals surface area contributed by atoms with Crippen LogP contribution in [0.4, 0.5) is 0 Å². The van der Waals surface area contributed by atoms with E-state index in [1.165, 1.54) is 30.6 Å². The van der Waals surface area contributed by atoms with E-state index in [4.69, 9.17) is 14.9 Å². The van der Waals surface area contributed by atoms with Gasteiger partial charge in [-0.25, -0.2) is 4.79 Å². The maximum atomic E-state index is 11.8. The number of aliphatic carboxylic acids is 2. The molecule has 3 N–H and O–H groups in total. The average Bonchev–Trinajstić information content (AvgIpc) is 2.57. The molecule has 0 spiro atoms. The molecule has 0 fully saturated rings. The fourth-order valence-electron chi connectivity index (χ4n) is 2.53. The standard InChI is InChI=1S/C18H34N2O6/c1-3-4-5-6-7-8-9-10-16(21)19-11-12-20(13-17(22)23)15(2)26-14-18(24)25/h15H,3-14H2,1-2H3,(H,19,21)(H,22,23)(H,24,25). The van der Waals surface area contributed by atoms with Gasteiger partial charge in [-0.2, -0.15) is 0 Å². The van der Waals surface area contributed by atoms with Crippen molar-refractivity contribution in [3.05, 3.63) is 0 Å². The fourth-order valence-corrected chi connectivity index (χ4v) is 2.53. The highest BCUT2D eigenvalue weighted by atomic mass is 16.5. The zero-order valence-electron chi connectivity index (χ0n) is 16.0. The quantitative estimate of drug-likeness (QED) is 0.264. The van der Waals surface area contributed by atoms with Crippen molar-refractivity contribution >= 4 is 17.8 Å². The van der Waals surface area contributed by atoms with E-state index in [-0.39, 0.29) is 19.0 Å². The van der Waals surface area contributed by atoms with Crippen molar-refractivity contribution in [2.24, 2.45) is 0 Å². The van der Waals surface area contributed by atoms with Gasteiger partial charge in [0, 0.05) is 19.5 Å². The molecule has 152 valence electrons. The molecule has 0 rings (SSSR count). The highest BCUT2D eigenvalue weighted by molar-refractivity contribution is 5.75. The van der Waals surface area contributed by atoms with Crippen LogP contribution in [0.2, 0.25) is 0 Å². The van der Waals surface area contributed by atoms with Crippen LogP contribution >= 0.6 is 0 Å². The van der Waals surface area contributed by atoms with E-state index in [0.717, 1.165) is 19.3 Å². The summed E-state index contributed by atoms with van der Waals surface area (Å²) in [6, 6.07) is 0. The Hall–Kier alpha value is -1.67. The highest BCUT2D eigenvalue weighted by Crippen LogP contribution is 2.08. The van der Waals surface area contributed by atoms with Crippen molar-refractivity contribution in [1.82, 2.24) is 10.2 Å². The number of carbonyl (C=O) groups is 3. The lowest BCUT2D eigenvalue weighted by Crippen LogP contribution is -2.44. The molecular weight excluding hydrogens is 340 g/mol. The molecule has 0 aromatic carbocycles. The van der Waals surface area contributed by atoms with Gasteiger partial charge in [0.2, 0.25) is 5.91 Å². The molecule has 1 unspecified atom stereocenters. The van der Waals surface area contributed by atoms with Crippen LogP contribution in [-0.4, -0.2) is 65.4 Å². The number of carboxylic acids is 2. The zero-order chi connectivity index (χ0) is 19.8. The Morgan fingerprint density at radius 3 is 2.19 bits per heavy atom. The lowest BCUT2D eigenvalue weighted by molar-refractivity contribution is -0.151. The number of carboxylic acid groups (broad SMARTS) is 2. The summed E-state index contributed by atoms with van der Waals surface area (Å²) in [6.45, 7) is 3.56. The monoisotopic (exact) mass is 374 g/mol. The van der Waals surface area contributed by atoms with Gasteiger partial charge in [0.25, 0.3) is 0 Å². The predicted molar refractivity (Wildman–Crippen MR) is 97.9 cm³/mol. The van der Waals surface area contributed by atoms with Gasteiger partial charge in [-0.3, -0.25) is 14.5 Å². The van der Waals surface area contributed by atoms with Gasteiger partial charge in [0.15, 0.2) is 0 Å². The number of rotatable bonds is 17. The van der Waals surface area contributed by atoms with E-state index < -0.39 is 24.8 Å². The Morgan fingerprint density at radius 1 is 1.00 bits per heavy atom. The minimum absolute atomic E-state index is 0.0482. The molecule has 0 radical (unpaired) electrons. The third-order valence-electron chi connectivity index (χ3n) is 4.03. The molecule has 26 heavy (non-hydrogen) atoms. The Bertz CT molecular complexity index is 416. The average molecular weight is 374 g/mol. The Kier molecular flexibility index (Phi) is 14.6. The van der Waals surface area contributed by atoms with Crippen molar-refractivity contribution in [2.45, 2.75) is 71.4 Å². The van der Waals surface area contributed by atoms with Crippen LogP contribution in [0.25, 0.3) is 0 Å². The number of hydrogen-bond donors (Lipinski definition) is 3. The van der Waals surface area contributed by atoms with Crippen LogP contribution in [-0.2, 0) is 19.1 Å². The fraction of sp³-hybridized carbons (Fsp3) is 0.833. The summed E-state index contributed by atoms with van der Waals surface area (Å²) in [5.41, 5.74) is 0. The third kappa shape index (κ3) is 14.7. The number of unbranched alkanes of at least 4 members (excludes halogenated alkanes) is 6. The Balaban J connectivity index is 3.95. The minimum atomic E-state index is -1.12. The highest BCUT2D eigenvalue weighted by Gasteiger charge is 2.18. The summed E-state index contributed by atoms with van der Waals surface area (Å²) >= 11 is 0. The summed E-state index contributed by atoms with van der Waals surface area (Å²) in [6.07, 6.45) is 7.82. The predicted octanol–water partition coefficient (Wildman–Crippen LogP) is 2.08. The number of nitrogens with one attached hydrogen (secondary N) is 1. The molecule has 8 nitrogen and oxygen atoms in total. The van der Waals surface area contributed by atoms with Crippen LogP contribution in [0.15, 0.2) is 0 Å². The maximum absolute atomic E-state index is 11.8. The van der Waals surface area contributed by atoms with Crippen LogP contribution in [0.3, 0.4) is 0 Å². The molecule has 0 aromatic heterocycles. The van der Waals surface area contributed by atoms with E-state index >= 15 is 0 Å². The SMILES string of the molecule is CCCCCCCCCC(=O)NCCN(CC(=O)O)C(C)OCC(=O)O. The first kappa shape index (κ1) is 24.3. The largest absolute Gasteiger partial charge is 0.480 e. The molecule has 0 bridgehead atoms. The van der Waals surface area contributed by atoms with Gasteiger partial charge in [-0.05, 0) is 13.3 Å². The van der Waals surface area contributed by atoms with Gasteiger partial charge in [0.05, 0.1) is 6.54 Å². The molecule has 0 saturated carbocycles. The first-order chi connectivity index (χ1) is 12.4. The molecule has 0 aliphatic heterocycles. The van der Waals surface area contributed by atoms with Gasteiger partial charge < -0.3 is 20.3 Å². The number of hydrogen-bond acceptors (Lipinski definition) is 5. The second kappa shape index (κ2) is 15.6. The van der Waals surface area contributed by atoms with E-state index in [0.29, 0.717) is 13.0 Å². The molecular formula is C18H34N2O6. The van der Waals surface area contributed by atoms with Crippen molar-refractivity contribution < 1.29 is 29.3 Å². The van der Waals surface area contributed by atoms with E-state index in [9.17, 15) is 14.4 Å². The minimum Gasteiger partial charge on any atom is -0.480 e. The molecule has 1 amide bonds. The zero-order valence-corrected chi connectivity index (χ0v) is 16.0. The summed E-state index contributed by atoms with van der Waals surface area (Å²) in [4.78, 5) is 34.7. The summed E-state index contributed by atoms with van der Waals surface area (Å²) in [7, 11) is 0. The number of ether oxygens (including phenoxy) is 1. The van der Waals surface area contributed by atoms with Crippen LogP contribution in [0.5, 0.6) is 0 Å². The molecule has 0 aromatic rings. The first-order valence-electron chi connectivity index (χ1n) is 9.42. The van der Waals surface area contributed by atoms with Crippen molar-refractivity contribution in [3.63, 3.8) is 0 Å². The third-order valence-corrected chi connectivity index (χ3v) is 4.03. The van der Waals surface area contributed by atoms with Gasteiger partial charge in [-0.1, -0.05) is 45.4 Å². The Morgan fingerprint density at radius 2 is 1.62 bits per heavy atom. The molecule has 0 saturated heterocycles. The normalized spacial score (nSPS) is 12.1. The maximum Gasteiger partial charge on any atom is 0.329 e. The lowest BCUT2D eigenvalue weighted by atomic mass is 10.1. The van der Waals surface area contributed by atoms with E-state index in [2.05, 4.69) is 12.2 Å². The lowest BCUT2D eigenvalue weighted by Gasteiger charge is -2.27. The van der Waals surface area contributed by atoms with Crippen molar-refractivity contribution in [2.75, 3.05) is 26.2 Å². The van der Waals surface area contributed by atoms with Gasteiger partial charge in [0.1, 0.15) is 12.8 Å². The molecule has 0 heterocycles. The summed E-state index contributed by atoms with van der Waals surface area (Å²) in [5.74, 6) is -2.20. The first-order valence-corrected chi connectivity index (χ1v) is 9.42. The van der Waals surface area contributed by atoms with Crippen LogP contribution in [0, 0.1) is 0 Å². The summed E-state index contributed by atoms with van der Waals surface area (Å²) in [5, 5.41) is 20.3. The van der Waals surface area contributed by atoms with E-state index in [1.807, 2.05) is 0 Å². The Labute approximate surface area is 155 Å². The smallest absolute Gasteiger partial charge is 0.329 e. The van der Waals surface area contributed by atoms with Crippen LogP contribution in [0.1, 0.15) is 65.2 Å². The van der Waals surface area contributed by atoms with Gasteiger partial charge >= 0.3 is 11.9 Å². The topological polar surface area (TPSA) is 116 Å². The summed E-state index contributed by atoms with van der Waals surface area (Å²) < 4.78 is 5.09.